The van der Waals surface area contributed by atoms with Gasteiger partial charge in [-0.1, -0.05) is 57.5 Å². The minimum Gasteiger partial charge on any atom is -0.494 e. The Kier molecular flexibility index (Phi) is 7.88. The molecule has 0 aliphatic heterocycles. The fourth-order valence-electron chi connectivity index (χ4n) is 2.63. The number of hydrogen-bond acceptors (Lipinski definition) is 1. The maximum Gasteiger partial charge on any atom is 0.119 e. The van der Waals surface area contributed by atoms with E-state index in [4.69, 9.17) is 4.74 Å². The van der Waals surface area contributed by atoms with Crippen molar-refractivity contribution in [1.29, 1.82) is 0 Å². The van der Waals surface area contributed by atoms with Crippen LogP contribution in [0.3, 0.4) is 0 Å². The summed E-state index contributed by atoms with van der Waals surface area (Å²) in [5.41, 5.74) is 1.51. The molecule has 0 fully saturated rings. The highest BCUT2D eigenvalue weighted by Gasteiger charge is 2.13. The quantitative estimate of drug-likeness (QED) is 0.443. The smallest absolute Gasteiger partial charge is 0.119 e. The van der Waals surface area contributed by atoms with Gasteiger partial charge in [0.1, 0.15) is 5.75 Å². The van der Waals surface area contributed by atoms with Crippen molar-refractivity contribution in [2.75, 3.05) is 6.61 Å². The molecule has 0 N–H and O–H groups in total. The van der Waals surface area contributed by atoms with Crippen molar-refractivity contribution in [2.45, 2.75) is 64.6 Å². The molecule has 0 aromatic heterocycles. The molecule has 2 heteroatoms. The molecule has 0 amide bonds. The third kappa shape index (κ3) is 6.28. The molecule has 0 saturated carbocycles. The Bertz CT molecular complexity index is 332. The first-order valence-electron chi connectivity index (χ1n) is 7.90. The highest BCUT2D eigenvalue weighted by Crippen LogP contribution is 2.29. The highest BCUT2D eigenvalue weighted by molar-refractivity contribution is 6.55. The van der Waals surface area contributed by atoms with Gasteiger partial charge in [0.05, 0.1) is 6.61 Å². The van der Waals surface area contributed by atoms with Crippen molar-refractivity contribution >= 4 is 8.80 Å². The summed E-state index contributed by atoms with van der Waals surface area (Å²) >= 11 is 0. The van der Waals surface area contributed by atoms with Gasteiger partial charge in [0, 0.05) is 8.80 Å². The molecule has 0 radical (unpaired) electrons. The molecule has 0 heterocycles. The lowest BCUT2D eigenvalue weighted by Crippen LogP contribution is -2.08. The normalized spacial score (nSPS) is 12.7. The molecular formula is C17H30OSi. The van der Waals surface area contributed by atoms with Crippen molar-refractivity contribution in [1.82, 2.24) is 0 Å². The second kappa shape index (κ2) is 9.19. The summed E-state index contributed by atoms with van der Waals surface area (Å²) in [6, 6.07) is 10.2. The van der Waals surface area contributed by atoms with Gasteiger partial charge in [-0.3, -0.25) is 0 Å². The molecule has 1 rings (SSSR count). The monoisotopic (exact) mass is 278 g/mol. The minimum absolute atomic E-state index is 0.507. The fourth-order valence-corrected chi connectivity index (χ4v) is 4.28. The largest absolute Gasteiger partial charge is 0.494 e. The summed E-state index contributed by atoms with van der Waals surface area (Å²) in [6.45, 7) is 9.98. The minimum atomic E-state index is -0.507. The Morgan fingerprint density at radius 2 is 1.74 bits per heavy atom. The van der Waals surface area contributed by atoms with Crippen LogP contribution < -0.4 is 4.74 Å². The topological polar surface area (TPSA) is 9.23 Å². The Hall–Kier alpha value is -0.763. The SMILES string of the molecule is CCCCCC(C[SiH](C)C)c1ccc(OCC)cc1. The maximum atomic E-state index is 5.53. The molecule has 0 aliphatic rings. The molecule has 1 atom stereocenters. The zero-order chi connectivity index (χ0) is 14.1. The predicted molar refractivity (Wildman–Crippen MR) is 88.2 cm³/mol. The van der Waals surface area contributed by atoms with Crippen LogP contribution in [0.5, 0.6) is 5.75 Å². The Morgan fingerprint density at radius 1 is 1.05 bits per heavy atom. The van der Waals surface area contributed by atoms with Gasteiger partial charge in [-0.2, -0.15) is 0 Å². The third-order valence-corrected chi connectivity index (χ3v) is 5.09. The fraction of sp³-hybridized carbons (Fsp3) is 0.647. The van der Waals surface area contributed by atoms with Gasteiger partial charge in [0.2, 0.25) is 0 Å². The van der Waals surface area contributed by atoms with E-state index >= 15 is 0 Å². The van der Waals surface area contributed by atoms with E-state index in [2.05, 4.69) is 44.3 Å². The van der Waals surface area contributed by atoms with E-state index in [1.165, 1.54) is 37.3 Å². The zero-order valence-corrected chi connectivity index (χ0v) is 14.3. The standard InChI is InChI=1S/C17H30OSi/c1-5-7-8-9-16(14-19(3)4)15-10-12-17(13-11-15)18-6-2/h10-13,16,19H,5-9,14H2,1-4H3. The molecule has 19 heavy (non-hydrogen) atoms. The van der Waals surface area contributed by atoms with E-state index in [0.29, 0.717) is 0 Å². The van der Waals surface area contributed by atoms with Crippen LogP contribution in [0.4, 0.5) is 0 Å². The van der Waals surface area contributed by atoms with E-state index in [1.807, 2.05) is 6.92 Å². The average molecular weight is 279 g/mol. The first kappa shape index (κ1) is 16.3. The number of benzene rings is 1. The molecule has 0 spiro atoms. The van der Waals surface area contributed by atoms with Crippen LogP contribution in [0.25, 0.3) is 0 Å². The first-order chi connectivity index (χ1) is 9.17. The van der Waals surface area contributed by atoms with Gasteiger partial charge in [-0.15, -0.1) is 0 Å². The van der Waals surface area contributed by atoms with Crippen LogP contribution in [0.15, 0.2) is 24.3 Å². The van der Waals surface area contributed by atoms with Crippen LogP contribution in [0.1, 0.15) is 51.0 Å². The van der Waals surface area contributed by atoms with E-state index in [-0.39, 0.29) is 0 Å². The second-order valence-electron chi connectivity index (χ2n) is 5.82. The predicted octanol–water partition coefficient (Wildman–Crippen LogP) is 5.24. The summed E-state index contributed by atoms with van der Waals surface area (Å²) in [4.78, 5) is 0. The lowest BCUT2D eigenvalue weighted by molar-refractivity contribution is 0.340. The maximum absolute atomic E-state index is 5.53. The molecule has 108 valence electrons. The summed E-state index contributed by atoms with van der Waals surface area (Å²) < 4.78 is 5.53. The van der Waals surface area contributed by atoms with Gasteiger partial charge in [-0.05, 0) is 37.0 Å². The van der Waals surface area contributed by atoms with Gasteiger partial charge < -0.3 is 4.74 Å². The zero-order valence-electron chi connectivity index (χ0n) is 13.1. The van der Waals surface area contributed by atoms with E-state index in [1.54, 1.807) is 0 Å². The van der Waals surface area contributed by atoms with Crippen LogP contribution in [0, 0.1) is 0 Å². The Morgan fingerprint density at radius 3 is 2.26 bits per heavy atom. The summed E-state index contributed by atoms with van der Waals surface area (Å²) in [5, 5.41) is 0. The van der Waals surface area contributed by atoms with Gasteiger partial charge in [0.25, 0.3) is 0 Å². The van der Waals surface area contributed by atoms with Crippen molar-refractivity contribution in [2.24, 2.45) is 0 Å². The lowest BCUT2D eigenvalue weighted by atomic mass is 9.95. The van der Waals surface area contributed by atoms with Gasteiger partial charge in [0.15, 0.2) is 0 Å². The lowest BCUT2D eigenvalue weighted by Gasteiger charge is -2.19. The molecule has 1 aromatic carbocycles. The summed E-state index contributed by atoms with van der Waals surface area (Å²) in [7, 11) is -0.507. The highest BCUT2D eigenvalue weighted by atomic mass is 28.3. The van der Waals surface area contributed by atoms with Crippen molar-refractivity contribution in [3.63, 3.8) is 0 Å². The van der Waals surface area contributed by atoms with Gasteiger partial charge in [-0.25, -0.2) is 0 Å². The summed E-state index contributed by atoms with van der Waals surface area (Å²) in [6.07, 6.45) is 5.41. The van der Waals surface area contributed by atoms with Crippen LogP contribution >= 0.6 is 0 Å². The van der Waals surface area contributed by atoms with Crippen molar-refractivity contribution in [3.8, 4) is 5.75 Å². The number of ether oxygens (including phenoxy) is 1. The molecule has 0 bridgehead atoms. The Balaban J connectivity index is 2.66. The van der Waals surface area contributed by atoms with Crippen molar-refractivity contribution < 1.29 is 4.74 Å². The van der Waals surface area contributed by atoms with Gasteiger partial charge >= 0.3 is 0 Å². The summed E-state index contributed by atoms with van der Waals surface area (Å²) in [5.74, 6) is 1.77. The second-order valence-corrected chi connectivity index (χ2v) is 9.08. The van der Waals surface area contributed by atoms with Crippen LogP contribution in [0.2, 0.25) is 19.1 Å². The molecule has 0 saturated heterocycles. The van der Waals surface area contributed by atoms with Crippen LogP contribution in [-0.4, -0.2) is 15.4 Å². The van der Waals surface area contributed by atoms with Crippen LogP contribution in [-0.2, 0) is 0 Å². The molecule has 1 nitrogen and oxygen atoms in total. The van der Waals surface area contributed by atoms with E-state index < -0.39 is 8.80 Å². The number of unbranched alkanes of at least 4 members (excludes halogenated alkanes) is 2. The molecule has 1 unspecified atom stereocenters. The third-order valence-electron chi connectivity index (χ3n) is 3.57. The number of hydrogen-bond donors (Lipinski definition) is 0. The van der Waals surface area contributed by atoms with E-state index in [0.717, 1.165) is 18.3 Å². The first-order valence-corrected chi connectivity index (χ1v) is 11.0. The number of rotatable bonds is 9. The van der Waals surface area contributed by atoms with E-state index in [9.17, 15) is 0 Å². The average Bonchev–Trinajstić information content (AvgIpc) is 2.39. The van der Waals surface area contributed by atoms with Crippen molar-refractivity contribution in [3.05, 3.63) is 29.8 Å². The molecular weight excluding hydrogens is 248 g/mol. The molecule has 1 aromatic rings. The molecule has 0 aliphatic carbocycles. The Labute approximate surface area is 121 Å².